The summed E-state index contributed by atoms with van der Waals surface area (Å²) in [5, 5.41) is 11.5. The van der Waals surface area contributed by atoms with E-state index in [1.807, 2.05) is 26.0 Å². The number of benzene rings is 1. The molecule has 0 fully saturated rings. The zero-order chi connectivity index (χ0) is 13.5. The quantitative estimate of drug-likeness (QED) is 0.863. The van der Waals surface area contributed by atoms with Gasteiger partial charge in [0.2, 0.25) is 5.91 Å². The van der Waals surface area contributed by atoms with Crippen LogP contribution in [0.2, 0.25) is 0 Å². The maximum atomic E-state index is 11.5. The van der Waals surface area contributed by atoms with E-state index in [1.165, 1.54) is 0 Å². The Kier molecular flexibility index (Phi) is 7.81. The van der Waals surface area contributed by atoms with Crippen molar-refractivity contribution < 1.29 is 4.79 Å². The summed E-state index contributed by atoms with van der Waals surface area (Å²) in [5.41, 5.74) is 7.60. The van der Waals surface area contributed by atoms with Crippen LogP contribution in [-0.2, 0) is 11.2 Å². The van der Waals surface area contributed by atoms with E-state index in [4.69, 9.17) is 11.0 Å². The molecule has 0 spiro atoms. The van der Waals surface area contributed by atoms with E-state index in [2.05, 4.69) is 11.4 Å². The summed E-state index contributed by atoms with van der Waals surface area (Å²) in [6.45, 7) is 3.84. The van der Waals surface area contributed by atoms with E-state index in [-0.39, 0.29) is 30.4 Å². The average molecular weight is 282 g/mol. The Morgan fingerprint density at radius 2 is 1.95 bits per heavy atom. The molecule has 0 heterocycles. The zero-order valence-corrected chi connectivity index (χ0v) is 12.0. The van der Waals surface area contributed by atoms with Gasteiger partial charge in [-0.3, -0.25) is 4.79 Å². The third-order valence-corrected chi connectivity index (χ3v) is 2.48. The molecule has 3 N–H and O–H groups in total. The molecule has 1 amide bonds. The second-order valence-electron chi connectivity index (χ2n) is 4.70. The van der Waals surface area contributed by atoms with Crippen LogP contribution in [0.5, 0.6) is 0 Å². The number of carbonyl (C=O) groups excluding carboxylic acids is 1. The van der Waals surface area contributed by atoms with Crippen LogP contribution in [-0.4, -0.2) is 18.0 Å². The summed E-state index contributed by atoms with van der Waals surface area (Å²) in [7, 11) is 0. The fraction of sp³-hybridized carbons (Fsp3) is 0.429. The van der Waals surface area contributed by atoms with Crippen molar-refractivity contribution in [3.8, 4) is 6.07 Å². The summed E-state index contributed by atoms with van der Waals surface area (Å²) in [6.07, 6.45) is 0.954. The number of nitrogens with two attached hydrogens (primary N) is 1. The highest BCUT2D eigenvalue weighted by Crippen LogP contribution is 2.07. The van der Waals surface area contributed by atoms with E-state index < -0.39 is 0 Å². The molecule has 0 radical (unpaired) electrons. The van der Waals surface area contributed by atoms with Crippen LogP contribution in [0.25, 0.3) is 0 Å². The molecule has 104 valence electrons. The average Bonchev–Trinajstić information content (AvgIpc) is 2.28. The van der Waals surface area contributed by atoms with Gasteiger partial charge in [0.15, 0.2) is 0 Å². The maximum Gasteiger partial charge on any atom is 0.221 e. The van der Waals surface area contributed by atoms with Gasteiger partial charge in [-0.1, -0.05) is 12.1 Å². The van der Waals surface area contributed by atoms with E-state index in [0.29, 0.717) is 18.4 Å². The fourth-order valence-corrected chi connectivity index (χ4v) is 1.71. The summed E-state index contributed by atoms with van der Waals surface area (Å²) in [4.78, 5) is 11.5. The zero-order valence-electron chi connectivity index (χ0n) is 11.2. The molecular weight excluding hydrogens is 262 g/mol. The molecule has 1 rings (SSSR count). The molecule has 4 nitrogen and oxygen atoms in total. The summed E-state index contributed by atoms with van der Waals surface area (Å²) < 4.78 is 0. The molecular formula is C14H20ClN3O. The SMILES string of the molecule is CC(C)NC(=O)CC(N)Cc1ccc(C#N)cc1.Cl. The Hall–Kier alpha value is -1.57. The van der Waals surface area contributed by atoms with Gasteiger partial charge in [-0.15, -0.1) is 12.4 Å². The molecule has 0 aliphatic rings. The van der Waals surface area contributed by atoms with E-state index in [0.717, 1.165) is 5.56 Å². The van der Waals surface area contributed by atoms with Crippen LogP contribution in [0.15, 0.2) is 24.3 Å². The molecule has 1 aromatic carbocycles. The molecule has 19 heavy (non-hydrogen) atoms. The number of hydrogen-bond acceptors (Lipinski definition) is 3. The maximum absolute atomic E-state index is 11.5. The number of rotatable bonds is 5. The van der Waals surface area contributed by atoms with Crippen molar-refractivity contribution in [3.05, 3.63) is 35.4 Å². The van der Waals surface area contributed by atoms with Crippen molar-refractivity contribution in [2.75, 3.05) is 0 Å². The van der Waals surface area contributed by atoms with Gasteiger partial charge in [-0.25, -0.2) is 0 Å². The first-order valence-electron chi connectivity index (χ1n) is 6.05. The number of nitriles is 1. The fourth-order valence-electron chi connectivity index (χ4n) is 1.71. The molecule has 1 unspecified atom stereocenters. The largest absolute Gasteiger partial charge is 0.354 e. The van der Waals surface area contributed by atoms with Crippen LogP contribution in [0.1, 0.15) is 31.4 Å². The number of nitrogens with zero attached hydrogens (tertiary/aromatic N) is 1. The molecule has 1 atom stereocenters. The Morgan fingerprint density at radius 3 is 2.42 bits per heavy atom. The van der Waals surface area contributed by atoms with Gasteiger partial charge in [0, 0.05) is 18.5 Å². The highest BCUT2D eigenvalue weighted by molar-refractivity contribution is 5.85. The van der Waals surface area contributed by atoms with E-state index >= 15 is 0 Å². The second kappa shape index (κ2) is 8.52. The van der Waals surface area contributed by atoms with Crippen molar-refractivity contribution in [1.29, 1.82) is 5.26 Å². The molecule has 1 aromatic rings. The minimum absolute atomic E-state index is 0. The summed E-state index contributed by atoms with van der Waals surface area (Å²) in [5.74, 6) is -0.0221. The molecule has 5 heteroatoms. The number of nitrogens with one attached hydrogen (secondary N) is 1. The lowest BCUT2D eigenvalue weighted by Gasteiger charge is -2.13. The first-order chi connectivity index (χ1) is 8.51. The topological polar surface area (TPSA) is 78.9 Å². The van der Waals surface area contributed by atoms with Gasteiger partial charge < -0.3 is 11.1 Å². The Morgan fingerprint density at radius 1 is 1.37 bits per heavy atom. The minimum atomic E-state index is -0.198. The molecule has 0 bridgehead atoms. The normalized spacial score (nSPS) is 11.3. The lowest BCUT2D eigenvalue weighted by Crippen LogP contribution is -2.36. The van der Waals surface area contributed by atoms with Gasteiger partial charge in [-0.2, -0.15) is 5.26 Å². The van der Waals surface area contributed by atoms with Crippen LogP contribution < -0.4 is 11.1 Å². The predicted octanol–water partition coefficient (Wildman–Crippen LogP) is 1.76. The highest BCUT2D eigenvalue weighted by atomic mass is 35.5. The molecule has 0 saturated carbocycles. The Bertz CT molecular complexity index is 437. The molecule has 0 aliphatic carbocycles. The monoisotopic (exact) mass is 281 g/mol. The van der Waals surface area contributed by atoms with E-state index in [1.54, 1.807) is 12.1 Å². The lowest BCUT2D eigenvalue weighted by molar-refractivity contribution is -0.121. The lowest BCUT2D eigenvalue weighted by atomic mass is 10.0. The van der Waals surface area contributed by atoms with E-state index in [9.17, 15) is 4.79 Å². The molecule has 0 saturated heterocycles. The van der Waals surface area contributed by atoms with Crippen molar-refractivity contribution in [2.45, 2.75) is 38.8 Å². The predicted molar refractivity (Wildman–Crippen MR) is 78.0 cm³/mol. The van der Waals surface area contributed by atoms with Gasteiger partial charge in [-0.05, 0) is 38.0 Å². The first kappa shape index (κ1) is 17.4. The van der Waals surface area contributed by atoms with Gasteiger partial charge in [0.1, 0.15) is 0 Å². The molecule has 0 aliphatic heterocycles. The smallest absolute Gasteiger partial charge is 0.221 e. The van der Waals surface area contributed by atoms with Crippen LogP contribution in [0, 0.1) is 11.3 Å². The third-order valence-electron chi connectivity index (χ3n) is 2.48. The summed E-state index contributed by atoms with van der Waals surface area (Å²) >= 11 is 0. The second-order valence-corrected chi connectivity index (χ2v) is 4.70. The van der Waals surface area contributed by atoms with Gasteiger partial charge >= 0.3 is 0 Å². The van der Waals surface area contributed by atoms with Gasteiger partial charge in [0.25, 0.3) is 0 Å². The number of carbonyl (C=O) groups is 1. The molecule has 0 aromatic heterocycles. The Balaban J connectivity index is 0.00000324. The van der Waals surface area contributed by atoms with Crippen molar-refractivity contribution in [3.63, 3.8) is 0 Å². The number of hydrogen-bond donors (Lipinski definition) is 2. The van der Waals surface area contributed by atoms with Crippen molar-refractivity contribution in [2.24, 2.45) is 5.73 Å². The number of amides is 1. The minimum Gasteiger partial charge on any atom is -0.354 e. The van der Waals surface area contributed by atoms with Crippen molar-refractivity contribution in [1.82, 2.24) is 5.32 Å². The standard InChI is InChI=1S/C14H19N3O.ClH/c1-10(2)17-14(18)8-13(16)7-11-3-5-12(9-15)6-4-11;/h3-6,10,13H,7-8,16H2,1-2H3,(H,17,18);1H. The summed E-state index contributed by atoms with van der Waals surface area (Å²) in [6, 6.07) is 9.27. The van der Waals surface area contributed by atoms with Crippen molar-refractivity contribution >= 4 is 18.3 Å². The number of halogens is 1. The Labute approximate surface area is 120 Å². The first-order valence-corrected chi connectivity index (χ1v) is 6.05. The third kappa shape index (κ3) is 6.80. The van der Waals surface area contributed by atoms with Crippen LogP contribution in [0.3, 0.4) is 0 Å². The highest BCUT2D eigenvalue weighted by Gasteiger charge is 2.11. The van der Waals surface area contributed by atoms with Crippen LogP contribution >= 0.6 is 12.4 Å². The van der Waals surface area contributed by atoms with Gasteiger partial charge in [0.05, 0.1) is 11.6 Å². The van der Waals surface area contributed by atoms with Crippen LogP contribution in [0.4, 0.5) is 0 Å².